The van der Waals surface area contributed by atoms with Crippen molar-refractivity contribution >= 4 is 21.8 Å². The Morgan fingerprint density at radius 3 is 2.26 bits per heavy atom. The monoisotopic (exact) mass is 377 g/mol. The van der Waals surface area contributed by atoms with Gasteiger partial charge in [0.2, 0.25) is 0 Å². The highest BCUT2D eigenvalue weighted by Crippen LogP contribution is 2.28. The fourth-order valence-corrected chi connectivity index (χ4v) is 2.57. The van der Waals surface area contributed by atoms with Crippen molar-refractivity contribution < 1.29 is 14.3 Å². The van der Waals surface area contributed by atoms with Gasteiger partial charge in [-0.3, -0.25) is 4.79 Å². The first-order valence-electron chi connectivity index (χ1n) is 7.34. The molecule has 0 N–H and O–H groups in total. The Balaban J connectivity index is 2.18. The fourth-order valence-electron chi connectivity index (χ4n) is 2.30. The van der Waals surface area contributed by atoms with Gasteiger partial charge in [0.25, 0.3) is 5.91 Å². The standard InChI is InChI=1S/C18H20BrNO3/c1-4-20(18(21)14-6-8-15(19)9-7-14)12-13-5-10-16(22-2)17(11-13)23-3/h5-11H,4,12H2,1-3H3. The zero-order valence-corrected chi connectivity index (χ0v) is 15.1. The average molecular weight is 378 g/mol. The minimum Gasteiger partial charge on any atom is -0.493 e. The third-order valence-corrected chi connectivity index (χ3v) is 4.11. The largest absolute Gasteiger partial charge is 0.493 e. The van der Waals surface area contributed by atoms with E-state index < -0.39 is 0 Å². The maximum atomic E-state index is 12.6. The van der Waals surface area contributed by atoms with E-state index in [-0.39, 0.29) is 5.91 Å². The maximum absolute atomic E-state index is 12.6. The number of methoxy groups -OCH3 is 2. The van der Waals surface area contributed by atoms with E-state index in [2.05, 4.69) is 15.9 Å². The van der Waals surface area contributed by atoms with Gasteiger partial charge in [0.05, 0.1) is 14.2 Å². The fraction of sp³-hybridized carbons (Fsp3) is 0.278. The molecule has 2 aromatic carbocycles. The number of nitrogens with zero attached hydrogens (tertiary/aromatic N) is 1. The molecule has 0 unspecified atom stereocenters. The minimum atomic E-state index is 0.00906. The molecule has 2 aromatic rings. The number of amides is 1. The molecule has 0 aliphatic heterocycles. The van der Waals surface area contributed by atoms with Crippen LogP contribution in [0.3, 0.4) is 0 Å². The molecule has 0 heterocycles. The van der Waals surface area contributed by atoms with E-state index in [1.54, 1.807) is 19.1 Å². The van der Waals surface area contributed by atoms with Crippen molar-refractivity contribution in [3.63, 3.8) is 0 Å². The van der Waals surface area contributed by atoms with Crippen LogP contribution in [-0.2, 0) is 6.54 Å². The van der Waals surface area contributed by atoms with Crippen LogP contribution in [0, 0.1) is 0 Å². The summed E-state index contributed by atoms with van der Waals surface area (Å²) in [5.41, 5.74) is 1.67. The molecule has 0 aromatic heterocycles. The zero-order chi connectivity index (χ0) is 16.8. The van der Waals surface area contributed by atoms with E-state index in [1.165, 1.54) is 0 Å². The molecule has 0 radical (unpaired) electrons. The summed E-state index contributed by atoms with van der Waals surface area (Å²) in [5, 5.41) is 0. The van der Waals surface area contributed by atoms with Crippen molar-refractivity contribution in [2.45, 2.75) is 13.5 Å². The molecular formula is C18H20BrNO3. The predicted molar refractivity (Wildman–Crippen MR) is 94.1 cm³/mol. The molecule has 0 saturated heterocycles. The summed E-state index contributed by atoms with van der Waals surface area (Å²) in [7, 11) is 3.21. The molecule has 0 bridgehead atoms. The van der Waals surface area contributed by atoms with Crippen LogP contribution in [0.15, 0.2) is 46.9 Å². The van der Waals surface area contributed by atoms with Crippen LogP contribution >= 0.6 is 15.9 Å². The van der Waals surface area contributed by atoms with Gasteiger partial charge in [-0.1, -0.05) is 22.0 Å². The smallest absolute Gasteiger partial charge is 0.254 e. The second-order valence-corrected chi connectivity index (χ2v) is 5.93. The van der Waals surface area contributed by atoms with Gasteiger partial charge in [-0.05, 0) is 48.9 Å². The van der Waals surface area contributed by atoms with Crippen LogP contribution in [0.1, 0.15) is 22.8 Å². The lowest BCUT2D eigenvalue weighted by atomic mass is 10.1. The first-order valence-corrected chi connectivity index (χ1v) is 8.14. The first-order chi connectivity index (χ1) is 11.1. The van der Waals surface area contributed by atoms with Crippen LogP contribution < -0.4 is 9.47 Å². The molecule has 1 amide bonds. The lowest BCUT2D eigenvalue weighted by Gasteiger charge is -2.21. The molecule has 2 rings (SSSR count). The molecule has 0 fully saturated rings. The Hall–Kier alpha value is -2.01. The summed E-state index contributed by atoms with van der Waals surface area (Å²) in [4.78, 5) is 14.4. The molecule has 122 valence electrons. The highest BCUT2D eigenvalue weighted by atomic mass is 79.9. The van der Waals surface area contributed by atoms with Crippen molar-refractivity contribution in [2.24, 2.45) is 0 Å². The Labute approximate surface area is 145 Å². The third kappa shape index (κ3) is 4.26. The van der Waals surface area contributed by atoms with Crippen molar-refractivity contribution in [3.05, 3.63) is 58.1 Å². The normalized spacial score (nSPS) is 10.3. The van der Waals surface area contributed by atoms with Gasteiger partial charge >= 0.3 is 0 Å². The van der Waals surface area contributed by atoms with Gasteiger partial charge in [0.1, 0.15) is 0 Å². The van der Waals surface area contributed by atoms with Crippen LogP contribution in [-0.4, -0.2) is 31.6 Å². The molecule has 5 heteroatoms. The van der Waals surface area contributed by atoms with E-state index in [1.807, 2.05) is 49.4 Å². The third-order valence-electron chi connectivity index (χ3n) is 3.58. The van der Waals surface area contributed by atoms with Crippen LogP contribution in [0.2, 0.25) is 0 Å². The molecule has 0 spiro atoms. The van der Waals surface area contributed by atoms with Crippen LogP contribution in [0.5, 0.6) is 11.5 Å². The van der Waals surface area contributed by atoms with Crippen molar-refractivity contribution in [2.75, 3.05) is 20.8 Å². The summed E-state index contributed by atoms with van der Waals surface area (Å²) in [6.07, 6.45) is 0. The van der Waals surface area contributed by atoms with E-state index in [9.17, 15) is 4.79 Å². The number of carbonyl (C=O) groups excluding carboxylic acids is 1. The van der Waals surface area contributed by atoms with E-state index in [4.69, 9.17) is 9.47 Å². The average Bonchev–Trinajstić information content (AvgIpc) is 2.59. The zero-order valence-electron chi connectivity index (χ0n) is 13.5. The molecule has 0 aliphatic carbocycles. The Morgan fingerprint density at radius 2 is 1.70 bits per heavy atom. The van der Waals surface area contributed by atoms with Gasteiger partial charge in [-0.2, -0.15) is 0 Å². The Morgan fingerprint density at radius 1 is 1.04 bits per heavy atom. The van der Waals surface area contributed by atoms with E-state index in [0.717, 1.165) is 10.0 Å². The van der Waals surface area contributed by atoms with Gasteiger partial charge in [0.15, 0.2) is 11.5 Å². The molecule has 0 saturated carbocycles. The first kappa shape index (κ1) is 17.3. The van der Waals surface area contributed by atoms with Crippen molar-refractivity contribution in [1.82, 2.24) is 4.90 Å². The minimum absolute atomic E-state index is 0.00906. The topological polar surface area (TPSA) is 38.8 Å². The van der Waals surface area contributed by atoms with E-state index >= 15 is 0 Å². The van der Waals surface area contributed by atoms with Gasteiger partial charge in [-0.25, -0.2) is 0 Å². The highest BCUT2D eigenvalue weighted by molar-refractivity contribution is 9.10. The predicted octanol–water partition coefficient (Wildman–Crippen LogP) is 4.13. The molecule has 0 aliphatic rings. The number of rotatable bonds is 6. The maximum Gasteiger partial charge on any atom is 0.254 e. The lowest BCUT2D eigenvalue weighted by Crippen LogP contribution is -2.30. The second-order valence-electron chi connectivity index (χ2n) is 5.02. The summed E-state index contributed by atoms with van der Waals surface area (Å²) in [6.45, 7) is 3.12. The molecular weight excluding hydrogens is 358 g/mol. The second kappa shape index (κ2) is 8.02. The number of carbonyl (C=O) groups is 1. The lowest BCUT2D eigenvalue weighted by molar-refractivity contribution is 0.0752. The van der Waals surface area contributed by atoms with E-state index in [0.29, 0.717) is 30.2 Å². The van der Waals surface area contributed by atoms with Crippen LogP contribution in [0.4, 0.5) is 0 Å². The molecule has 23 heavy (non-hydrogen) atoms. The number of hydrogen-bond donors (Lipinski definition) is 0. The highest BCUT2D eigenvalue weighted by Gasteiger charge is 2.15. The van der Waals surface area contributed by atoms with Crippen molar-refractivity contribution in [1.29, 1.82) is 0 Å². The van der Waals surface area contributed by atoms with Crippen LogP contribution in [0.25, 0.3) is 0 Å². The number of benzene rings is 2. The summed E-state index contributed by atoms with van der Waals surface area (Å²) < 4.78 is 11.5. The summed E-state index contributed by atoms with van der Waals surface area (Å²) in [6, 6.07) is 13.1. The van der Waals surface area contributed by atoms with Gasteiger partial charge in [-0.15, -0.1) is 0 Å². The number of hydrogen-bond acceptors (Lipinski definition) is 3. The molecule has 0 atom stereocenters. The number of halogens is 1. The summed E-state index contributed by atoms with van der Waals surface area (Å²) >= 11 is 3.38. The van der Waals surface area contributed by atoms with Crippen molar-refractivity contribution in [3.8, 4) is 11.5 Å². The Kier molecular flexibility index (Phi) is 6.04. The molecule has 4 nitrogen and oxygen atoms in total. The summed E-state index contributed by atoms with van der Waals surface area (Å²) in [5.74, 6) is 1.35. The van der Waals surface area contributed by atoms with Gasteiger partial charge < -0.3 is 14.4 Å². The van der Waals surface area contributed by atoms with Gasteiger partial charge in [0, 0.05) is 23.1 Å². The number of ether oxygens (including phenoxy) is 2. The Bertz CT molecular complexity index is 670. The SMILES string of the molecule is CCN(Cc1ccc(OC)c(OC)c1)C(=O)c1ccc(Br)cc1. The quantitative estimate of drug-likeness (QED) is 0.759.